The van der Waals surface area contributed by atoms with Crippen LogP contribution in [0.4, 0.5) is 0 Å². The van der Waals surface area contributed by atoms with Gasteiger partial charge in [-0.1, -0.05) is 6.92 Å². The van der Waals surface area contributed by atoms with Crippen LogP contribution in [-0.2, 0) is 19.1 Å². The van der Waals surface area contributed by atoms with Crippen molar-refractivity contribution in [2.75, 3.05) is 40.0 Å². The van der Waals surface area contributed by atoms with Crippen molar-refractivity contribution in [1.29, 1.82) is 0 Å². The number of hydrogen-bond donors (Lipinski definition) is 1. The smallest absolute Gasteiger partial charge is 0.329 e. The number of amides is 1. The van der Waals surface area contributed by atoms with E-state index in [2.05, 4.69) is 10.1 Å². The van der Waals surface area contributed by atoms with Crippen molar-refractivity contribution in [2.45, 2.75) is 26.8 Å². The third-order valence-electron chi connectivity index (χ3n) is 2.51. The van der Waals surface area contributed by atoms with E-state index in [1.54, 1.807) is 0 Å². The van der Waals surface area contributed by atoms with Gasteiger partial charge in [-0.25, -0.2) is 4.79 Å². The summed E-state index contributed by atoms with van der Waals surface area (Å²) in [4.78, 5) is 24.6. The van der Waals surface area contributed by atoms with E-state index >= 15 is 0 Å². The minimum atomic E-state index is -0.630. The zero-order valence-corrected chi connectivity index (χ0v) is 11.7. The van der Waals surface area contributed by atoms with Crippen LogP contribution in [0, 0.1) is 0 Å². The molecule has 0 bridgehead atoms. The van der Waals surface area contributed by atoms with E-state index in [0.717, 1.165) is 13.1 Å². The molecular formula is C12H24N2O4. The van der Waals surface area contributed by atoms with Crippen LogP contribution >= 0.6 is 0 Å². The lowest BCUT2D eigenvalue weighted by Crippen LogP contribution is -2.49. The molecule has 0 heterocycles. The standard InChI is InChI=1S/C12H24N2O4/c1-5-14(7-8-18-6-2)9-11(12(16)17-4)13-10(3)15/h11H,5-9H2,1-4H3,(H,13,15). The van der Waals surface area contributed by atoms with Gasteiger partial charge in [0.1, 0.15) is 6.04 Å². The zero-order valence-electron chi connectivity index (χ0n) is 11.7. The van der Waals surface area contributed by atoms with Crippen LogP contribution in [0.25, 0.3) is 0 Å². The first-order valence-corrected chi connectivity index (χ1v) is 6.20. The van der Waals surface area contributed by atoms with Gasteiger partial charge in [0.25, 0.3) is 0 Å². The second kappa shape index (κ2) is 9.85. The summed E-state index contributed by atoms with van der Waals surface area (Å²) in [5, 5.41) is 2.59. The quantitative estimate of drug-likeness (QED) is 0.468. The summed E-state index contributed by atoms with van der Waals surface area (Å²) in [7, 11) is 1.31. The van der Waals surface area contributed by atoms with Crippen molar-refractivity contribution < 1.29 is 19.1 Å². The maximum atomic E-state index is 11.5. The molecule has 0 radical (unpaired) electrons. The fourth-order valence-corrected chi connectivity index (χ4v) is 1.54. The van der Waals surface area contributed by atoms with E-state index in [1.807, 2.05) is 18.7 Å². The van der Waals surface area contributed by atoms with Crippen LogP contribution in [0.2, 0.25) is 0 Å². The highest BCUT2D eigenvalue weighted by molar-refractivity contribution is 5.83. The lowest BCUT2D eigenvalue weighted by molar-refractivity contribution is -0.145. The molecule has 0 aliphatic heterocycles. The van der Waals surface area contributed by atoms with Crippen molar-refractivity contribution in [2.24, 2.45) is 0 Å². The first-order chi connectivity index (χ1) is 8.54. The summed E-state index contributed by atoms with van der Waals surface area (Å²) in [6.45, 7) is 8.51. The minimum Gasteiger partial charge on any atom is -0.467 e. The summed E-state index contributed by atoms with van der Waals surface area (Å²) in [6, 6.07) is -0.630. The molecule has 0 aliphatic rings. The molecule has 18 heavy (non-hydrogen) atoms. The van der Waals surface area contributed by atoms with Crippen LogP contribution in [0.3, 0.4) is 0 Å². The fraction of sp³-hybridized carbons (Fsp3) is 0.833. The van der Waals surface area contributed by atoms with Gasteiger partial charge in [-0.05, 0) is 13.5 Å². The number of nitrogens with one attached hydrogen (secondary N) is 1. The van der Waals surface area contributed by atoms with Gasteiger partial charge in [-0.3, -0.25) is 9.69 Å². The predicted octanol–water partition coefficient (Wildman–Crippen LogP) is 0.0225. The maximum absolute atomic E-state index is 11.5. The average Bonchev–Trinajstić information content (AvgIpc) is 2.35. The number of carbonyl (C=O) groups is 2. The number of rotatable bonds is 9. The Bertz CT molecular complexity index is 258. The van der Waals surface area contributed by atoms with Crippen LogP contribution in [0.1, 0.15) is 20.8 Å². The van der Waals surface area contributed by atoms with E-state index < -0.39 is 12.0 Å². The highest BCUT2D eigenvalue weighted by Gasteiger charge is 2.22. The van der Waals surface area contributed by atoms with E-state index in [-0.39, 0.29) is 5.91 Å². The third-order valence-corrected chi connectivity index (χ3v) is 2.51. The van der Waals surface area contributed by atoms with Gasteiger partial charge in [0.15, 0.2) is 0 Å². The van der Waals surface area contributed by atoms with Gasteiger partial charge < -0.3 is 14.8 Å². The summed E-state index contributed by atoms with van der Waals surface area (Å²) in [6.07, 6.45) is 0. The second-order valence-corrected chi connectivity index (χ2v) is 3.87. The largest absolute Gasteiger partial charge is 0.467 e. The van der Waals surface area contributed by atoms with Gasteiger partial charge in [-0.2, -0.15) is 0 Å². The Hall–Kier alpha value is -1.14. The summed E-state index contributed by atoms with van der Waals surface area (Å²) in [5.41, 5.74) is 0. The molecule has 0 aromatic rings. The number of esters is 1. The Morgan fingerprint density at radius 3 is 2.44 bits per heavy atom. The van der Waals surface area contributed by atoms with Crippen LogP contribution < -0.4 is 5.32 Å². The zero-order chi connectivity index (χ0) is 14.0. The SMILES string of the molecule is CCOCCN(CC)CC(NC(C)=O)C(=O)OC. The van der Waals surface area contributed by atoms with Gasteiger partial charge in [0.05, 0.1) is 13.7 Å². The van der Waals surface area contributed by atoms with E-state index in [9.17, 15) is 9.59 Å². The van der Waals surface area contributed by atoms with Gasteiger partial charge in [0, 0.05) is 26.6 Å². The molecule has 0 saturated carbocycles. The van der Waals surface area contributed by atoms with Crippen molar-refractivity contribution >= 4 is 11.9 Å². The molecule has 0 spiro atoms. The molecule has 0 fully saturated rings. The number of ether oxygens (including phenoxy) is 2. The minimum absolute atomic E-state index is 0.244. The van der Waals surface area contributed by atoms with Crippen molar-refractivity contribution in [3.05, 3.63) is 0 Å². The summed E-state index contributed by atoms with van der Waals surface area (Å²) < 4.78 is 9.94. The van der Waals surface area contributed by atoms with Crippen molar-refractivity contribution in [1.82, 2.24) is 10.2 Å². The lowest BCUT2D eigenvalue weighted by atomic mass is 10.2. The molecule has 1 amide bonds. The summed E-state index contributed by atoms with van der Waals surface area (Å²) >= 11 is 0. The molecule has 1 atom stereocenters. The number of nitrogens with zero attached hydrogens (tertiary/aromatic N) is 1. The maximum Gasteiger partial charge on any atom is 0.329 e. The van der Waals surface area contributed by atoms with Gasteiger partial charge in [-0.15, -0.1) is 0 Å². The topological polar surface area (TPSA) is 67.9 Å². The average molecular weight is 260 g/mol. The monoisotopic (exact) mass is 260 g/mol. The molecule has 0 saturated heterocycles. The normalized spacial score (nSPS) is 12.3. The second-order valence-electron chi connectivity index (χ2n) is 3.87. The Balaban J connectivity index is 4.32. The molecule has 106 valence electrons. The molecule has 0 aromatic heterocycles. The molecule has 6 heteroatoms. The predicted molar refractivity (Wildman–Crippen MR) is 68.2 cm³/mol. The van der Waals surface area contributed by atoms with E-state index in [1.165, 1.54) is 14.0 Å². The lowest BCUT2D eigenvalue weighted by Gasteiger charge is -2.25. The first kappa shape index (κ1) is 16.9. The Morgan fingerprint density at radius 1 is 1.33 bits per heavy atom. The highest BCUT2D eigenvalue weighted by Crippen LogP contribution is 1.96. The number of carbonyl (C=O) groups excluding carboxylic acids is 2. The van der Waals surface area contributed by atoms with E-state index in [4.69, 9.17) is 4.74 Å². The van der Waals surface area contributed by atoms with Crippen LogP contribution in [-0.4, -0.2) is 62.8 Å². The highest BCUT2D eigenvalue weighted by atomic mass is 16.5. The Labute approximate surface area is 109 Å². The Morgan fingerprint density at radius 2 is 2.00 bits per heavy atom. The Kier molecular flexibility index (Phi) is 9.22. The third kappa shape index (κ3) is 7.24. The number of likely N-dealkylation sites (N-methyl/N-ethyl adjacent to an activating group) is 1. The molecule has 1 N–H and O–H groups in total. The fourth-order valence-electron chi connectivity index (χ4n) is 1.54. The van der Waals surface area contributed by atoms with Gasteiger partial charge >= 0.3 is 5.97 Å². The van der Waals surface area contributed by atoms with Crippen LogP contribution in [0.5, 0.6) is 0 Å². The molecule has 6 nitrogen and oxygen atoms in total. The summed E-state index contributed by atoms with van der Waals surface area (Å²) in [5.74, 6) is -0.675. The van der Waals surface area contributed by atoms with Gasteiger partial charge in [0.2, 0.25) is 5.91 Å². The van der Waals surface area contributed by atoms with Crippen molar-refractivity contribution in [3.8, 4) is 0 Å². The van der Waals surface area contributed by atoms with Crippen LogP contribution in [0.15, 0.2) is 0 Å². The number of methoxy groups -OCH3 is 1. The molecule has 1 unspecified atom stereocenters. The molecule has 0 aromatic carbocycles. The molecule has 0 rings (SSSR count). The van der Waals surface area contributed by atoms with Crippen molar-refractivity contribution in [3.63, 3.8) is 0 Å². The molecular weight excluding hydrogens is 236 g/mol. The number of hydrogen-bond acceptors (Lipinski definition) is 5. The van der Waals surface area contributed by atoms with E-state index in [0.29, 0.717) is 19.8 Å². The molecule has 0 aliphatic carbocycles. The first-order valence-electron chi connectivity index (χ1n) is 6.20.